The molecule has 0 rings (SSSR count). The number of aliphatic carboxylic acids is 1. The van der Waals surface area contributed by atoms with Crippen molar-refractivity contribution in [3.05, 3.63) is 0 Å². The maximum atomic E-state index is 10.3. The summed E-state index contributed by atoms with van der Waals surface area (Å²) < 4.78 is 0. The summed E-state index contributed by atoms with van der Waals surface area (Å²) in [6.45, 7) is 4.94. The summed E-state index contributed by atoms with van der Waals surface area (Å²) in [5, 5.41) is 8.49. The van der Waals surface area contributed by atoms with Crippen LogP contribution < -0.4 is 5.73 Å². The Kier molecular flexibility index (Phi) is 5.15. The third-order valence-electron chi connectivity index (χ3n) is 1.60. The zero-order valence-electron chi connectivity index (χ0n) is 7.21. The highest BCUT2D eigenvalue weighted by atomic mass is 28.3. The van der Waals surface area contributed by atoms with Gasteiger partial charge in [-0.05, 0) is 12.5 Å². The van der Waals surface area contributed by atoms with E-state index in [9.17, 15) is 4.79 Å². The Hall–Kier alpha value is -0.353. The Balaban J connectivity index is 3.66. The minimum atomic E-state index is -0.727. The van der Waals surface area contributed by atoms with Crippen LogP contribution in [0.15, 0.2) is 0 Å². The van der Waals surface area contributed by atoms with Crippen LogP contribution in [0.1, 0.15) is 6.42 Å². The molecule has 3 nitrogen and oxygen atoms in total. The maximum Gasteiger partial charge on any atom is 0.303 e. The molecule has 0 radical (unpaired) electrons. The van der Waals surface area contributed by atoms with Crippen LogP contribution in [0.25, 0.3) is 0 Å². The number of carboxylic acid groups (broad SMARTS) is 1. The van der Waals surface area contributed by atoms with Gasteiger partial charge in [-0.25, -0.2) is 0 Å². The minimum absolute atomic E-state index is 0.208. The molecule has 0 aliphatic carbocycles. The number of hydrogen-bond donors (Lipinski definition) is 2. The summed E-state index contributed by atoms with van der Waals surface area (Å²) in [6.07, 6.45) is 0.238. The van der Waals surface area contributed by atoms with Crippen molar-refractivity contribution in [2.45, 2.75) is 25.6 Å². The van der Waals surface area contributed by atoms with Gasteiger partial charge in [0.25, 0.3) is 0 Å². The number of carboxylic acids is 1. The molecule has 0 aromatic heterocycles. The Morgan fingerprint density at radius 3 is 2.45 bits per heavy atom. The van der Waals surface area contributed by atoms with Crippen molar-refractivity contribution in [2.75, 3.05) is 6.54 Å². The number of carbonyl (C=O) groups is 1. The zero-order valence-corrected chi connectivity index (χ0v) is 8.36. The fraction of sp³-hybridized carbons (Fsp3) is 0.857. The SMILES string of the molecule is C[SiH](C)CC(CN)CC(=O)O. The summed E-state index contributed by atoms with van der Waals surface area (Å²) in [5.74, 6) is -0.519. The molecule has 0 heterocycles. The van der Waals surface area contributed by atoms with Crippen molar-refractivity contribution >= 4 is 14.8 Å². The second kappa shape index (κ2) is 5.32. The molecular formula is C7H17NO2Si. The molecule has 4 heteroatoms. The van der Waals surface area contributed by atoms with Gasteiger partial charge >= 0.3 is 5.97 Å². The molecule has 3 N–H and O–H groups in total. The van der Waals surface area contributed by atoms with E-state index in [0.29, 0.717) is 6.54 Å². The molecule has 0 fully saturated rings. The lowest BCUT2D eigenvalue weighted by Crippen LogP contribution is -2.21. The van der Waals surface area contributed by atoms with Gasteiger partial charge in [0.1, 0.15) is 0 Å². The van der Waals surface area contributed by atoms with E-state index in [2.05, 4.69) is 13.1 Å². The summed E-state index contributed by atoms with van der Waals surface area (Å²) in [7, 11) is -0.648. The van der Waals surface area contributed by atoms with E-state index in [-0.39, 0.29) is 12.3 Å². The van der Waals surface area contributed by atoms with Gasteiger partial charge in [-0.2, -0.15) is 0 Å². The highest BCUT2D eigenvalue weighted by molar-refractivity contribution is 6.55. The smallest absolute Gasteiger partial charge is 0.303 e. The summed E-state index contributed by atoms with van der Waals surface area (Å²) in [6, 6.07) is 1.04. The first kappa shape index (κ1) is 10.6. The van der Waals surface area contributed by atoms with E-state index in [1.807, 2.05) is 0 Å². The molecule has 0 saturated heterocycles. The summed E-state index contributed by atoms with van der Waals surface area (Å²) >= 11 is 0. The Labute approximate surface area is 69.2 Å². The van der Waals surface area contributed by atoms with Crippen molar-refractivity contribution < 1.29 is 9.90 Å². The Morgan fingerprint density at radius 1 is 1.64 bits per heavy atom. The molecule has 0 saturated carbocycles. The number of rotatable bonds is 5. The molecule has 11 heavy (non-hydrogen) atoms. The van der Waals surface area contributed by atoms with E-state index >= 15 is 0 Å². The van der Waals surface area contributed by atoms with Crippen molar-refractivity contribution in [2.24, 2.45) is 11.7 Å². The summed E-state index contributed by atoms with van der Waals surface area (Å²) in [4.78, 5) is 10.3. The summed E-state index contributed by atoms with van der Waals surface area (Å²) in [5.41, 5.74) is 5.43. The second-order valence-corrected chi connectivity index (χ2v) is 6.59. The predicted octanol–water partition coefficient (Wildman–Crippen LogP) is 0.523. The van der Waals surface area contributed by atoms with Crippen LogP contribution in [0.5, 0.6) is 0 Å². The standard InChI is InChI=1S/C7H17NO2Si/c1-11(2)5-6(4-8)3-7(9)10/h6,11H,3-5,8H2,1-2H3,(H,9,10). The van der Waals surface area contributed by atoms with Gasteiger partial charge < -0.3 is 10.8 Å². The van der Waals surface area contributed by atoms with Crippen LogP contribution in [-0.2, 0) is 4.79 Å². The molecule has 0 aliphatic rings. The molecule has 1 unspecified atom stereocenters. The first-order valence-electron chi connectivity index (χ1n) is 3.98. The second-order valence-electron chi connectivity index (χ2n) is 3.33. The van der Waals surface area contributed by atoms with Gasteiger partial charge in [0.15, 0.2) is 0 Å². The van der Waals surface area contributed by atoms with E-state index in [1.54, 1.807) is 0 Å². The topological polar surface area (TPSA) is 63.3 Å². The van der Waals surface area contributed by atoms with E-state index in [4.69, 9.17) is 10.8 Å². The molecule has 0 aromatic rings. The molecule has 0 spiro atoms. The molecule has 0 bridgehead atoms. The van der Waals surface area contributed by atoms with Gasteiger partial charge in [0.2, 0.25) is 0 Å². The van der Waals surface area contributed by atoms with Crippen LogP contribution in [0.3, 0.4) is 0 Å². The van der Waals surface area contributed by atoms with Crippen LogP contribution in [0.2, 0.25) is 19.1 Å². The van der Waals surface area contributed by atoms with Crippen molar-refractivity contribution in [3.63, 3.8) is 0 Å². The molecule has 0 aliphatic heterocycles. The number of hydrogen-bond acceptors (Lipinski definition) is 2. The van der Waals surface area contributed by atoms with Crippen LogP contribution >= 0.6 is 0 Å². The van der Waals surface area contributed by atoms with Gasteiger partial charge in [-0.3, -0.25) is 4.79 Å². The van der Waals surface area contributed by atoms with Gasteiger partial charge in [0, 0.05) is 15.2 Å². The predicted molar refractivity (Wildman–Crippen MR) is 48.5 cm³/mol. The fourth-order valence-electron chi connectivity index (χ4n) is 1.18. The lowest BCUT2D eigenvalue weighted by Gasteiger charge is -2.13. The van der Waals surface area contributed by atoms with Gasteiger partial charge in [-0.1, -0.05) is 19.1 Å². The Morgan fingerprint density at radius 2 is 2.18 bits per heavy atom. The van der Waals surface area contributed by atoms with Gasteiger partial charge in [0.05, 0.1) is 0 Å². The van der Waals surface area contributed by atoms with E-state index < -0.39 is 14.8 Å². The van der Waals surface area contributed by atoms with Crippen molar-refractivity contribution in [3.8, 4) is 0 Å². The van der Waals surface area contributed by atoms with Crippen LogP contribution in [0.4, 0.5) is 0 Å². The first-order valence-corrected chi connectivity index (χ1v) is 7.10. The van der Waals surface area contributed by atoms with Gasteiger partial charge in [-0.15, -0.1) is 0 Å². The fourth-order valence-corrected chi connectivity index (χ4v) is 2.87. The largest absolute Gasteiger partial charge is 0.481 e. The number of nitrogens with two attached hydrogens (primary N) is 1. The first-order chi connectivity index (χ1) is 5.06. The quantitative estimate of drug-likeness (QED) is 0.599. The third kappa shape index (κ3) is 6.06. The highest BCUT2D eigenvalue weighted by Gasteiger charge is 2.12. The maximum absolute atomic E-state index is 10.3. The normalized spacial score (nSPS) is 13.5. The molecule has 0 aromatic carbocycles. The lowest BCUT2D eigenvalue weighted by atomic mass is 10.1. The lowest BCUT2D eigenvalue weighted by molar-refractivity contribution is -0.137. The molecular weight excluding hydrogens is 158 g/mol. The van der Waals surface area contributed by atoms with E-state index in [0.717, 1.165) is 6.04 Å². The van der Waals surface area contributed by atoms with Crippen LogP contribution in [-0.4, -0.2) is 26.4 Å². The van der Waals surface area contributed by atoms with Crippen molar-refractivity contribution in [1.29, 1.82) is 0 Å². The van der Waals surface area contributed by atoms with Crippen molar-refractivity contribution in [1.82, 2.24) is 0 Å². The molecule has 1 atom stereocenters. The zero-order chi connectivity index (χ0) is 8.85. The average molecular weight is 175 g/mol. The molecule has 0 amide bonds. The average Bonchev–Trinajstić information content (AvgIpc) is 1.84. The third-order valence-corrected chi connectivity index (χ3v) is 3.21. The van der Waals surface area contributed by atoms with E-state index in [1.165, 1.54) is 0 Å². The highest BCUT2D eigenvalue weighted by Crippen LogP contribution is 2.10. The Bertz CT molecular complexity index is 128. The van der Waals surface area contributed by atoms with Crippen LogP contribution in [0, 0.1) is 5.92 Å². The molecule has 66 valence electrons. The monoisotopic (exact) mass is 175 g/mol. The minimum Gasteiger partial charge on any atom is -0.481 e.